The van der Waals surface area contributed by atoms with Crippen LogP contribution in [0.5, 0.6) is 0 Å². The summed E-state index contributed by atoms with van der Waals surface area (Å²) < 4.78 is 5.07. The third-order valence-corrected chi connectivity index (χ3v) is 3.05. The summed E-state index contributed by atoms with van der Waals surface area (Å²) in [6.07, 6.45) is 1.73. The molecule has 0 atom stereocenters. The van der Waals surface area contributed by atoms with Crippen molar-refractivity contribution in [2.45, 2.75) is 33.6 Å². The first-order chi connectivity index (χ1) is 9.51. The number of rotatable bonds is 4. The predicted octanol–water partition coefficient (Wildman–Crippen LogP) is 2.47. The summed E-state index contributed by atoms with van der Waals surface area (Å²) in [5, 5.41) is 6.49. The van der Waals surface area contributed by atoms with Crippen molar-refractivity contribution in [3.8, 4) is 0 Å². The molecule has 1 amide bonds. The van der Waals surface area contributed by atoms with Crippen molar-refractivity contribution in [3.63, 3.8) is 0 Å². The molecular formula is C14H18N4O2. The number of aryl methyl sites for hydroxylation is 2. The van der Waals surface area contributed by atoms with Crippen molar-refractivity contribution in [3.05, 3.63) is 34.6 Å². The minimum atomic E-state index is -0.282. The molecule has 0 aliphatic rings. The van der Waals surface area contributed by atoms with Crippen molar-refractivity contribution in [1.82, 2.24) is 10.1 Å². The van der Waals surface area contributed by atoms with Gasteiger partial charge in [0.2, 0.25) is 5.88 Å². The predicted molar refractivity (Wildman–Crippen MR) is 76.6 cm³/mol. The molecule has 0 radical (unpaired) electrons. The molecule has 6 nitrogen and oxygen atoms in total. The van der Waals surface area contributed by atoms with Gasteiger partial charge in [-0.2, -0.15) is 0 Å². The Hall–Kier alpha value is -2.37. The third-order valence-electron chi connectivity index (χ3n) is 3.05. The number of hydrogen-bond donors (Lipinski definition) is 2. The molecule has 106 valence electrons. The molecule has 0 aliphatic carbocycles. The highest BCUT2D eigenvalue weighted by Gasteiger charge is 2.14. The summed E-state index contributed by atoms with van der Waals surface area (Å²) >= 11 is 0. The van der Waals surface area contributed by atoms with Gasteiger partial charge in [-0.3, -0.25) is 10.1 Å². The number of nitrogens with two attached hydrogens (primary N) is 1. The quantitative estimate of drug-likeness (QED) is 0.893. The summed E-state index contributed by atoms with van der Waals surface area (Å²) in [6.45, 7) is 5.70. The molecule has 0 bridgehead atoms. The van der Waals surface area contributed by atoms with E-state index in [1.807, 2.05) is 20.8 Å². The van der Waals surface area contributed by atoms with Gasteiger partial charge in [0.25, 0.3) is 5.91 Å². The number of anilines is 2. The van der Waals surface area contributed by atoms with Gasteiger partial charge in [0.1, 0.15) is 5.82 Å². The van der Waals surface area contributed by atoms with E-state index in [1.54, 1.807) is 12.1 Å². The summed E-state index contributed by atoms with van der Waals surface area (Å²) in [7, 11) is 0. The van der Waals surface area contributed by atoms with Gasteiger partial charge in [0, 0.05) is 16.8 Å². The van der Waals surface area contributed by atoms with Crippen LogP contribution in [-0.2, 0) is 6.42 Å². The molecule has 2 heterocycles. The highest BCUT2D eigenvalue weighted by molar-refractivity contribution is 6.04. The lowest BCUT2D eigenvalue weighted by Crippen LogP contribution is -2.13. The lowest BCUT2D eigenvalue weighted by molar-refractivity contribution is 0.102. The van der Waals surface area contributed by atoms with E-state index in [4.69, 9.17) is 10.3 Å². The number of carbonyl (C=O) groups excluding carboxylic acids is 1. The normalized spacial score (nSPS) is 10.6. The minimum absolute atomic E-state index is 0.282. The van der Waals surface area contributed by atoms with Crippen molar-refractivity contribution < 1.29 is 9.32 Å². The van der Waals surface area contributed by atoms with Gasteiger partial charge in [0.15, 0.2) is 0 Å². The number of hydrogen-bond acceptors (Lipinski definition) is 5. The standard InChI is InChI=1S/C14H18N4O2/c1-4-5-11-6-10(7-12(15)16-11)13(19)17-14-8(2)9(3)18-20-14/h6-7H,4-5H2,1-3H3,(H2,15,16)(H,17,19). The Labute approximate surface area is 117 Å². The SMILES string of the molecule is CCCc1cc(C(=O)Nc2onc(C)c2C)cc(N)n1. The molecule has 0 fully saturated rings. The first-order valence-electron chi connectivity index (χ1n) is 6.52. The Kier molecular flexibility index (Phi) is 4.02. The van der Waals surface area contributed by atoms with Gasteiger partial charge in [-0.05, 0) is 32.4 Å². The van der Waals surface area contributed by atoms with Crippen LogP contribution in [0.2, 0.25) is 0 Å². The second kappa shape index (κ2) is 5.73. The highest BCUT2D eigenvalue weighted by atomic mass is 16.5. The number of nitrogen functional groups attached to an aromatic ring is 1. The number of carbonyl (C=O) groups is 1. The topological polar surface area (TPSA) is 94.0 Å². The van der Waals surface area contributed by atoms with E-state index < -0.39 is 0 Å². The average molecular weight is 274 g/mol. The monoisotopic (exact) mass is 274 g/mol. The number of nitrogens with zero attached hydrogens (tertiary/aromatic N) is 2. The Bertz CT molecular complexity index is 634. The number of amides is 1. The van der Waals surface area contributed by atoms with E-state index in [0.29, 0.717) is 17.3 Å². The first-order valence-corrected chi connectivity index (χ1v) is 6.52. The van der Waals surface area contributed by atoms with Crippen molar-refractivity contribution in [2.75, 3.05) is 11.1 Å². The Morgan fingerprint density at radius 1 is 1.40 bits per heavy atom. The Morgan fingerprint density at radius 2 is 2.15 bits per heavy atom. The first kappa shape index (κ1) is 14.0. The zero-order valence-electron chi connectivity index (χ0n) is 11.9. The minimum Gasteiger partial charge on any atom is -0.384 e. The van der Waals surface area contributed by atoms with Crippen molar-refractivity contribution >= 4 is 17.6 Å². The van der Waals surface area contributed by atoms with E-state index in [-0.39, 0.29) is 5.91 Å². The summed E-state index contributed by atoms with van der Waals surface area (Å²) in [6, 6.07) is 3.29. The zero-order valence-corrected chi connectivity index (χ0v) is 11.9. The number of aromatic nitrogens is 2. The molecule has 0 unspecified atom stereocenters. The van der Waals surface area contributed by atoms with Crippen LogP contribution in [0.25, 0.3) is 0 Å². The molecule has 0 aliphatic heterocycles. The maximum absolute atomic E-state index is 12.2. The fourth-order valence-corrected chi connectivity index (χ4v) is 1.83. The summed E-state index contributed by atoms with van der Waals surface area (Å²) in [4.78, 5) is 16.4. The summed E-state index contributed by atoms with van der Waals surface area (Å²) in [5.74, 6) is 0.419. The summed E-state index contributed by atoms with van der Waals surface area (Å²) in [5.41, 5.74) is 8.57. The Balaban J connectivity index is 2.22. The lowest BCUT2D eigenvalue weighted by Gasteiger charge is -2.06. The average Bonchev–Trinajstić information content (AvgIpc) is 2.70. The van der Waals surface area contributed by atoms with Crippen LogP contribution >= 0.6 is 0 Å². The van der Waals surface area contributed by atoms with Gasteiger partial charge >= 0.3 is 0 Å². The molecule has 3 N–H and O–H groups in total. The molecular weight excluding hydrogens is 256 g/mol. The maximum atomic E-state index is 12.2. The smallest absolute Gasteiger partial charge is 0.258 e. The largest absolute Gasteiger partial charge is 0.384 e. The van der Waals surface area contributed by atoms with Gasteiger partial charge in [0.05, 0.1) is 5.69 Å². The van der Waals surface area contributed by atoms with Crippen molar-refractivity contribution in [2.24, 2.45) is 0 Å². The molecule has 0 spiro atoms. The van der Waals surface area contributed by atoms with E-state index in [2.05, 4.69) is 15.5 Å². The maximum Gasteiger partial charge on any atom is 0.258 e. The number of nitrogens with one attached hydrogen (secondary N) is 1. The van der Waals surface area contributed by atoms with Crippen LogP contribution in [0.4, 0.5) is 11.7 Å². The van der Waals surface area contributed by atoms with Gasteiger partial charge in [-0.15, -0.1) is 0 Å². The van der Waals surface area contributed by atoms with Gasteiger partial charge < -0.3 is 10.3 Å². The lowest BCUT2D eigenvalue weighted by atomic mass is 10.1. The van der Waals surface area contributed by atoms with Crippen LogP contribution in [0.3, 0.4) is 0 Å². The van der Waals surface area contributed by atoms with Crippen LogP contribution in [-0.4, -0.2) is 16.0 Å². The molecule has 2 aromatic heterocycles. The van der Waals surface area contributed by atoms with Crippen molar-refractivity contribution in [1.29, 1.82) is 0 Å². The van der Waals surface area contributed by atoms with Gasteiger partial charge in [-0.25, -0.2) is 4.98 Å². The molecule has 0 saturated carbocycles. The van der Waals surface area contributed by atoms with E-state index in [0.717, 1.165) is 29.8 Å². The molecule has 2 aromatic rings. The van der Waals surface area contributed by atoms with Crippen LogP contribution in [0.1, 0.15) is 40.7 Å². The molecule has 20 heavy (non-hydrogen) atoms. The van der Waals surface area contributed by atoms with E-state index in [1.165, 1.54) is 0 Å². The van der Waals surface area contributed by atoms with E-state index in [9.17, 15) is 4.79 Å². The number of pyridine rings is 1. The fourth-order valence-electron chi connectivity index (χ4n) is 1.83. The Morgan fingerprint density at radius 3 is 2.75 bits per heavy atom. The molecule has 0 aromatic carbocycles. The third kappa shape index (κ3) is 2.96. The molecule has 2 rings (SSSR count). The van der Waals surface area contributed by atoms with Crippen LogP contribution in [0, 0.1) is 13.8 Å². The van der Waals surface area contributed by atoms with E-state index >= 15 is 0 Å². The second-order valence-electron chi connectivity index (χ2n) is 4.70. The second-order valence-corrected chi connectivity index (χ2v) is 4.70. The molecule has 6 heteroatoms. The van der Waals surface area contributed by atoms with Gasteiger partial charge in [-0.1, -0.05) is 18.5 Å². The highest BCUT2D eigenvalue weighted by Crippen LogP contribution is 2.19. The fraction of sp³-hybridized carbons (Fsp3) is 0.357. The van der Waals surface area contributed by atoms with Crippen LogP contribution in [0.15, 0.2) is 16.7 Å². The molecule has 0 saturated heterocycles. The zero-order chi connectivity index (χ0) is 14.7. The van der Waals surface area contributed by atoms with Crippen LogP contribution < -0.4 is 11.1 Å².